The molecule has 0 spiro atoms. The van der Waals surface area contributed by atoms with Crippen molar-refractivity contribution in [3.63, 3.8) is 0 Å². The summed E-state index contributed by atoms with van der Waals surface area (Å²) < 4.78 is 0. The van der Waals surface area contributed by atoms with Crippen LogP contribution in [-0.4, -0.2) is 20.8 Å². The van der Waals surface area contributed by atoms with E-state index in [1.807, 2.05) is 6.07 Å². The molecule has 0 unspecified atom stereocenters. The third-order valence-electron chi connectivity index (χ3n) is 3.35. The third-order valence-corrected chi connectivity index (χ3v) is 3.35. The molecule has 0 aliphatic carbocycles. The zero-order valence-corrected chi connectivity index (χ0v) is 12.0. The summed E-state index contributed by atoms with van der Waals surface area (Å²) in [6, 6.07) is 9.61. The molecule has 0 radical (unpaired) electrons. The van der Waals surface area contributed by atoms with Crippen LogP contribution in [0, 0.1) is 10.1 Å². The summed E-state index contributed by atoms with van der Waals surface area (Å²) in [5.74, 6) is -0.340. The Labute approximate surface area is 131 Å². The van der Waals surface area contributed by atoms with Crippen LogP contribution in [0.4, 0.5) is 5.69 Å². The smallest absolute Gasteiger partial charge is 0.270 e. The van der Waals surface area contributed by atoms with E-state index in [9.17, 15) is 14.9 Å². The van der Waals surface area contributed by atoms with E-state index in [1.165, 1.54) is 18.3 Å². The Kier molecular flexibility index (Phi) is 3.92. The van der Waals surface area contributed by atoms with Gasteiger partial charge < -0.3 is 5.32 Å². The normalized spacial score (nSPS) is 10.4. The quantitative estimate of drug-likeness (QED) is 0.589. The zero-order chi connectivity index (χ0) is 16.2. The van der Waals surface area contributed by atoms with Gasteiger partial charge in [0.25, 0.3) is 11.6 Å². The number of pyridine rings is 2. The third kappa shape index (κ3) is 3.13. The van der Waals surface area contributed by atoms with Gasteiger partial charge in [-0.3, -0.25) is 24.9 Å². The van der Waals surface area contributed by atoms with Gasteiger partial charge in [0.05, 0.1) is 4.92 Å². The van der Waals surface area contributed by atoms with E-state index in [1.54, 1.807) is 30.6 Å². The largest absolute Gasteiger partial charge is 0.347 e. The van der Waals surface area contributed by atoms with Gasteiger partial charge in [-0.1, -0.05) is 6.07 Å². The molecule has 3 rings (SSSR count). The molecule has 0 fully saturated rings. The van der Waals surface area contributed by atoms with E-state index in [4.69, 9.17) is 0 Å². The maximum Gasteiger partial charge on any atom is 0.270 e. The van der Waals surface area contributed by atoms with Crippen LogP contribution in [0.25, 0.3) is 10.8 Å². The van der Waals surface area contributed by atoms with Crippen molar-refractivity contribution in [2.75, 3.05) is 0 Å². The fourth-order valence-electron chi connectivity index (χ4n) is 2.23. The van der Waals surface area contributed by atoms with Crippen molar-refractivity contribution in [1.82, 2.24) is 15.3 Å². The van der Waals surface area contributed by atoms with E-state index < -0.39 is 4.92 Å². The maximum absolute atomic E-state index is 12.3. The van der Waals surface area contributed by atoms with Crippen molar-refractivity contribution in [2.24, 2.45) is 0 Å². The molecule has 0 aliphatic heterocycles. The zero-order valence-electron chi connectivity index (χ0n) is 12.0. The molecule has 0 aliphatic rings. The van der Waals surface area contributed by atoms with Gasteiger partial charge >= 0.3 is 0 Å². The number of hydrogen-bond donors (Lipinski definition) is 1. The highest BCUT2D eigenvalue weighted by molar-refractivity contribution is 6.05. The number of nitro benzene ring substituents is 1. The predicted molar refractivity (Wildman–Crippen MR) is 83.8 cm³/mol. The number of fused-ring (bicyclic) bond motifs is 1. The second-order valence-electron chi connectivity index (χ2n) is 4.87. The van der Waals surface area contributed by atoms with Gasteiger partial charge in [-0.15, -0.1) is 0 Å². The van der Waals surface area contributed by atoms with Crippen LogP contribution in [-0.2, 0) is 6.54 Å². The van der Waals surface area contributed by atoms with E-state index in [0.717, 1.165) is 5.56 Å². The molecule has 7 nitrogen and oxygen atoms in total. The molecular formula is C16H12N4O3. The number of nitrogens with one attached hydrogen (secondary N) is 1. The monoisotopic (exact) mass is 308 g/mol. The van der Waals surface area contributed by atoms with Crippen LogP contribution < -0.4 is 5.32 Å². The number of carbonyl (C=O) groups excluding carboxylic acids is 1. The first kappa shape index (κ1) is 14.6. The SMILES string of the molecule is O=C(NCc1cccnc1)c1nccc2cc([N+](=O)[O-])ccc12. The van der Waals surface area contributed by atoms with Crippen molar-refractivity contribution in [1.29, 1.82) is 0 Å². The van der Waals surface area contributed by atoms with Crippen LogP contribution in [0.15, 0.2) is 55.0 Å². The molecule has 7 heteroatoms. The number of carbonyl (C=O) groups is 1. The highest BCUT2D eigenvalue weighted by Gasteiger charge is 2.14. The average Bonchev–Trinajstić information content (AvgIpc) is 2.59. The number of rotatable bonds is 4. The molecule has 114 valence electrons. The highest BCUT2D eigenvalue weighted by Crippen LogP contribution is 2.22. The Morgan fingerprint density at radius 3 is 2.83 bits per heavy atom. The molecule has 0 saturated heterocycles. The second kappa shape index (κ2) is 6.18. The van der Waals surface area contributed by atoms with E-state index in [-0.39, 0.29) is 17.3 Å². The highest BCUT2D eigenvalue weighted by atomic mass is 16.6. The summed E-state index contributed by atoms with van der Waals surface area (Å²) in [6.45, 7) is 0.331. The summed E-state index contributed by atoms with van der Waals surface area (Å²) in [7, 11) is 0. The molecule has 1 amide bonds. The first-order valence-corrected chi connectivity index (χ1v) is 6.85. The minimum Gasteiger partial charge on any atom is -0.347 e. The lowest BCUT2D eigenvalue weighted by molar-refractivity contribution is -0.384. The molecule has 2 heterocycles. The molecule has 2 aromatic heterocycles. The minimum absolute atomic E-state index is 0.0228. The van der Waals surface area contributed by atoms with Crippen LogP contribution in [0.3, 0.4) is 0 Å². The summed E-state index contributed by atoms with van der Waals surface area (Å²) in [4.78, 5) is 30.8. The lowest BCUT2D eigenvalue weighted by Crippen LogP contribution is -2.24. The number of benzene rings is 1. The lowest BCUT2D eigenvalue weighted by Gasteiger charge is -2.07. The van der Waals surface area contributed by atoms with E-state index in [2.05, 4.69) is 15.3 Å². The predicted octanol–water partition coefficient (Wildman–Crippen LogP) is 2.47. The fourth-order valence-corrected chi connectivity index (χ4v) is 2.23. The Morgan fingerprint density at radius 1 is 1.22 bits per heavy atom. The van der Waals surface area contributed by atoms with E-state index in [0.29, 0.717) is 17.3 Å². The Bertz CT molecular complexity index is 881. The molecule has 0 atom stereocenters. The standard InChI is InChI=1S/C16H12N4O3/c21-16(19-10-11-2-1-6-17-9-11)15-14-4-3-13(20(22)23)8-12(14)5-7-18-15/h1-9H,10H2,(H,19,21). The molecule has 23 heavy (non-hydrogen) atoms. The summed E-state index contributed by atoms with van der Waals surface area (Å²) in [5, 5.41) is 14.8. The van der Waals surface area contributed by atoms with Crippen molar-refractivity contribution in [2.45, 2.75) is 6.54 Å². The van der Waals surface area contributed by atoms with Crippen molar-refractivity contribution < 1.29 is 9.72 Å². The molecule has 3 aromatic rings. The number of nitrogens with zero attached hydrogens (tertiary/aromatic N) is 3. The molecule has 1 N–H and O–H groups in total. The number of hydrogen-bond acceptors (Lipinski definition) is 5. The first-order valence-electron chi connectivity index (χ1n) is 6.85. The van der Waals surface area contributed by atoms with Gasteiger partial charge in [-0.25, -0.2) is 0 Å². The van der Waals surface area contributed by atoms with Gasteiger partial charge in [-0.2, -0.15) is 0 Å². The Hall–Kier alpha value is -3.35. The van der Waals surface area contributed by atoms with Crippen molar-refractivity contribution in [3.8, 4) is 0 Å². The summed E-state index contributed by atoms with van der Waals surface area (Å²) in [6.07, 6.45) is 4.79. The Balaban J connectivity index is 1.87. The van der Waals surface area contributed by atoms with Crippen LogP contribution in [0.1, 0.15) is 16.1 Å². The van der Waals surface area contributed by atoms with Crippen LogP contribution in [0.2, 0.25) is 0 Å². The maximum atomic E-state index is 12.3. The summed E-state index contributed by atoms with van der Waals surface area (Å²) >= 11 is 0. The van der Waals surface area contributed by atoms with Crippen LogP contribution >= 0.6 is 0 Å². The number of aromatic nitrogens is 2. The van der Waals surface area contributed by atoms with Crippen molar-refractivity contribution >= 4 is 22.4 Å². The molecule has 0 saturated carbocycles. The fraction of sp³-hybridized carbons (Fsp3) is 0.0625. The van der Waals surface area contributed by atoms with Gasteiger partial charge in [-0.05, 0) is 29.1 Å². The van der Waals surface area contributed by atoms with Gasteiger partial charge in [0.2, 0.25) is 0 Å². The van der Waals surface area contributed by atoms with E-state index >= 15 is 0 Å². The molecule has 1 aromatic carbocycles. The van der Waals surface area contributed by atoms with Gasteiger partial charge in [0.15, 0.2) is 0 Å². The van der Waals surface area contributed by atoms with Crippen molar-refractivity contribution in [3.05, 3.63) is 76.4 Å². The lowest BCUT2D eigenvalue weighted by atomic mass is 10.1. The number of nitro groups is 1. The average molecular weight is 308 g/mol. The van der Waals surface area contributed by atoms with Crippen LogP contribution in [0.5, 0.6) is 0 Å². The number of amides is 1. The topological polar surface area (TPSA) is 98.0 Å². The minimum atomic E-state index is -0.470. The van der Waals surface area contributed by atoms with Gasteiger partial charge in [0, 0.05) is 42.7 Å². The Morgan fingerprint density at radius 2 is 2.09 bits per heavy atom. The molecule has 0 bridgehead atoms. The number of non-ortho nitro benzene ring substituents is 1. The van der Waals surface area contributed by atoms with Gasteiger partial charge in [0.1, 0.15) is 5.69 Å². The first-order chi connectivity index (χ1) is 11.1. The second-order valence-corrected chi connectivity index (χ2v) is 4.87. The molecular weight excluding hydrogens is 296 g/mol. The summed E-state index contributed by atoms with van der Waals surface area (Å²) in [5.41, 5.74) is 1.09.